The number of aryl methyl sites for hydroxylation is 2. The second-order valence-electron chi connectivity index (χ2n) is 4.94. The molecule has 0 radical (unpaired) electrons. The summed E-state index contributed by atoms with van der Waals surface area (Å²) in [6, 6.07) is 4.10. The number of carbonyl (C=O) groups is 1. The fourth-order valence-electron chi connectivity index (χ4n) is 2.36. The Kier molecular flexibility index (Phi) is 2.10. The van der Waals surface area contributed by atoms with Gasteiger partial charge >= 0.3 is 5.97 Å². The zero-order valence-corrected chi connectivity index (χ0v) is 9.68. The molecule has 1 aromatic rings. The summed E-state index contributed by atoms with van der Waals surface area (Å²) in [5, 5.41) is 0. The Balaban J connectivity index is 2.71. The summed E-state index contributed by atoms with van der Waals surface area (Å²) >= 11 is 0. The molecule has 1 aliphatic rings. The molecule has 0 unspecified atom stereocenters. The average Bonchev–Trinajstić information content (AvgIpc) is 2.09. The third-order valence-corrected chi connectivity index (χ3v) is 3.04. The molecule has 2 heteroatoms. The lowest BCUT2D eigenvalue weighted by atomic mass is 9.76. The van der Waals surface area contributed by atoms with Crippen molar-refractivity contribution in [1.29, 1.82) is 0 Å². The highest BCUT2D eigenvalue weighted by Crippen LogP contribution is 2.42. The van der Waals surface area contributed by atoms with Crippen LogP contribution < -0.4 is 4.74 Å². The zero-order valence-electron chi connectivity index (χ0n) is 9.68. The van der Waals surface area contributed by atoms with Gasteiger partial charge in [0.05, 0.1) is 6.42 Å². The van der Waals surface area contributed by atoms with Crippen LogP contribution in [-0.2, 0) is 10.2 Å². The smallest absolute Gasteiger partial charge is 0.312 e. The molecule has 1 aromatic carbocycles. The van der Waals surface area contributed by atoms with Gasteiger partial charge in [0, 0.05) is 11.0 Å². The van der Waals surface area contributed by atoms with Crippen molar-refractivity contribution in [2.45, 2.75) is 39.5 Å². The minimum Gasteiger partial charge on any atom is -0.426 e. The van der Waals surface area contributed by atoms with Crippen LogP contribution in [0.1, 0.15) is 37.0 Å². The van der Waals surface area contributed by atoms with Crippen molar-refractivity contribution < 1.29 is 9.53 Å². The molecule has 0 bridgehead atoms. The van der Waals surface area contributed by atoms with E-state index in [4.69, 9.17) is 4.74 Å². The molecule has 1 aliphatic heterocycles. The topological polar surface area (TPSA) is 26.3 Å². The standard InChI is InChI=1S/C13H16O2/c1-8-5-6-9(2)12-11(8)13(3,4)7-10(14)15-12/h5-6H,7H2,1-4H3. The molecule has 0 amide bonds. The van der Waals surface area contributed by atoms with Gasteiger partial charge in [-0.15, -0.1) is 0 Å². The summed E-state index contributed by atoms with van der Waals surface area (Å²) in [5.74, 6) is 0.650. The highest BCUT2D eigenvalue weighted by Gasteiger charge is 2.35. The van der Waals surface area contributed by atoms with E-state index in [-0.39, 0.29) is 11.4 Å². The quantitative estimate of drug-likeness (QED) is 0.480. The van der Waals surface area contributed by atoms with E-state index in [1.54, 1.807) is 0 Å². The lowest BCUT2D eigenvalue weighted by Gasteiger charge is -2.33. The SMILES string of the molecule is Cc1ccc(C)c2c1OC(=O)CC2(C)C. The Hall–Kier alpha value is -1.31. The molecular weight excluding hydrogens is 188 g/mol. The zero-order chi connectivity index (χ0) is 11.2. The van der Waals surface area contributed by atoms with Crippen molar-refractivity contribution >= 4 is 5.97 Å². The van der Waals surface area contributed by atoms with Crippen LogP contribution in [0.25, 0.3) is 0 Å². The van der Waals surface area contributed by atoms with Crippen molar-refractivity contribution in [3.05, 3.63) is 28.8 Å². The molecule has 2 rings (SSSR count). The molecule has 2 nitrogen and oxygen atoms in total. The third kappa shape index (κ3) is 1.54. The highest BCUT2D eigenvalue weighted by atomic mass is 16.5. The fourth-order valence-corrected chi connectivity index (χ4v) is 2.36. The van der Waals surface area contributed by atoms with Gasteiger partial charge in [0.2, 0.25) is 0 Å². The Bertz CT molecular complexity index is 430. The number of fused-ring (bicyclic) bond motifs is 1. The molecule has 0 aliphatic carbocycles. The van der Waals surface area contributed by atoms with Crippen LogP contribution in [0.3, 0.4) is 0 Å². The molecule has 0 saturated carbocycles. The van der Waals surface area contributed by atoms with E-state index < -0.39 is 0 Å². The van der Waals surface area contributed by atoms with Gasteiger partial charge < -0.3 is 4.74 Å². The van der Waals surface area contributed by atoms with E-state index in [1.807, 2.05) is 13.0 Å². The Morgan fingerprint density at radius 2 is 1.80 bits per heavy atom. The van der Waals surface area contributed by atoms with Gasteiger partial charge in [0.1, 0.15) is 5.75 Å². The van der Waals surface area contributed by atoms with E-state index >= 15 is 0 Å². The van der Waals surface area contributed by atoms with E-state index in [0.717, 1.165) is 11.3 Å². The highest BCUT2D eigenvalue weighted by molar-refractivity contribution is 5.78. The van der Waals surface area contributed by atoms with Crippen LogP contribution in [0.15, 0.2) is 12.1 Å². The molecule has 80 valence electrons. The predicted octanol–water partition coefficient (Wildman–Crippen LogP) is 2.89. The molecule has 0 fully saturated rings. The van der Waals surface area contributed by atoms with Crippen molar-refractivity contribution in [2.75, 3.05) is 0 Å². The number of rotatable bonds is 0. The summed E-state index contributed by atoms with van der Waals surface area (Å²) in [7, 11) is 0. The Morgan fingerprint density at radius 1 is 1.20 bits per heavy atom. The largest absolute Gasteiger partial charge is 0.426 e. The minimum atomic E-state index is -0.124. The third-order valence-electron chi connectivity index (χ3n) is 3.04. The van der Waals surface area contributed by atoms with Gasteiger partial charge in [-0.25, -0.2) is 0 Å². The van der Waals surface area contributed by atoms with Crippen LogP contribution in [0, 0.1) is 13.8 Å². The predicted molar refractivity (Wildman–Crippen MR) is 59.2 cm³/mol. The lowest BCUT2D eigenvalue weighted by molar-refractivity contribution is -0.137. The minimum absolute atomic E-state index is 0.110. The Morgan fingerprint density at radius 3 is 2.47 bits per heavy atom. The first-order valence-electron chi connectivity index (χ1n) is 5.23. The summed E-state index contributed by atoms with van der Waals surface area (Å²) < 4.78 is 5.34. The van der Waals surface area contributed by atoms with E-state index in [0.29, 0.717) is 6.42 Å². The van der Waals surface area contributed by atoms with Crippen LogP contribution in [0.5, 0.6) is 5.75 Å². The normalized spacial score (nSPS) is 18.3. The number of carbonyl (C=O) groups excluding carboxylic acids is 1. The van der Waals surface area contributed by atoms with Crippen LogP contribution in [0.2, 0.25) is 0 Å². The molecule has 0 N–H and O–H groups in total. The van der Waals surface area contributed by atoms with Crippen molar-refractivity contribution in [2.24, 2.45) is 0 Å². The molecule has 0 saturated heterocycles. The van der Waals surface area contributed by atoms with Gasteiger partial charge in [-0.3, -0.25) is 4.79 Å². The maximum atomic E-state index is 11.5. The summed E-state index contributed by atoms with van der Waals surface area (Å²) in [6.07, 6.45) is 0.463. The van der Waals surface area contributed by atoms with Crippen molar-refractivity contribution in [1.82, 2.24) is 0 Å². The molecular formula is C13H16O2. The van der Waals surface area contributed by atoms with Gasteiger partial charge in [0.15, 0.2) is 0 Å². The van der Waals surface area contributed by atoms with Gasteiger partial charge in [0.25, 0.3) is 0 Å². The number of hydrogen-bond acceptors (Lipinski definition) is 2. The number of ether oxygens (including phenoxy) is 1. The van der Waals surface area contributed by atoms with Gasteiger partial charge in [-0.1, -0.05) is 26.0 Å². The number of benzene rings is 1. The van der Waals surface area contributed by atoms with Crippen molar-refractivity contribution in [3.8, 4) is 5.75 Å². The van der Waals surface area contributed by atoms with Crippen molar-refractivity contribution in [3.63, 3.8) is 0 Å². The first-order chi connectivity index (χ1) is 6.92. The Labute approximate surface area is 90.3 Å². The fraction of sp³-hybridized carbons (Fsp3) is 0.462. The molecule has 0 aromatic heterocycles. The van der Waals surface area contributed by atoms with Crippen LogP contribution in [-0.4, -0.2) is 5.97 Å². The maximum absolute atomic E-state index is 11.5. The van der Waals surface area contributed by atoms with Crippen LogP contribution in [0.4, 0.5) is 0 Å². The molecule has 1 heterocycles. The summed E-state index contributed by atoms with van der Waals surface area (Å²) in [5.41, 5.74) is 3.31. The molecule has 0 spiro atoms. The monoisotopic (exact) mass is 204 g/mol. The molecule has 0 atom stereocenters. The van der Waals surface area contributed by atoms with E-state index in [1.165, 1.54) is 11.1 Å². The first kappa shape index (κ1) is 10.2. The second-order valence-corrected chi connectivity index (χ2v) is 4.94. The maximum Gasteiger partial charge on any atom is 0.312 e. The second kappa shape index (κ2) is 3.09. The van der Waals surface area contributed by atoms with Gasteiger partial charge in [-0.05, 0) is 25.0 Å². The average molecular weight is 204 g/mol. The van der Waals surface area contributed by atoms with Gasteiger partial charge in [-0.2, -0.15) is 0 Å². The summed E-state index contributed by atoms with van der Waals surface area (Å²) in [6.45, 7) is 8.24. The van der Waals surface area contributed by atoms with E-state index in [9.17, 15) is 4.79 Å². The molecule has 15 heavy (non-hydrogen) atoms. The van der Waals surface area contributed by atoms with E-state index in [2.05, 4.69) is 26.8 Å². The number of hydrogen-bond donors (Lipinski definition) is 0. The first-order valence-corrected chi connectivity index (χ1v) is 5.23. The van der Waals surface area contributed by atoms with Crippen LogP contribution >= 0.6 is 0 Å². The lowest BCUT2D eigenvalue weighted by Crippen LogP contribution is -2.32. The summed E-state index contributed by atoms with van der Waals surface area (Å²) in [4.78, 5) is 11.5. The number of esters is 1.